The van der Waals surface area contributed by atoms with E-state index in [2.05, 4.69) is 37.5 Å². The minimum atomic E-state index is -0.276. The van der Waals surface area contributed by atoms with Crippen LogP contribution in [0.25, 0.3) is 21.3 Å². The van der Waals surface area contributed by atoms with Gasteiger partial charge < -0.3 is 15.5 Å². The maximum absolute atomic E-state index is 13.3. The summed E-state index contributed by atoms with van der Waals surface area (Å²) in [5.41, 5.74) is 2.93. The number of hydrogen-bond donors (Lipinski definition) is 2. The van der Waals surface area contributed by atoms with Crippen molar-refractivity contribution in [1.29, 1.82) is 0 Å². The molecule has 1 aromatic carbocycles. The second-order valence-electron chi connectivity index (χ2n) is 7.66. The van der Waals surface area contributed by atoms with Gasteiger partial charge in [-0.15, -0.1) is 22.7 Å². The molecule has 0 unspecified atom stereocenters. The van der Waals surface area contributed by atoms with Gasteiger partial charge in [0.15, 0.2) is 5.13 Å². The smallest absolute Gasteiger partial charge is 0.227 e. The number of nitrogens with zero attached hydrogens (tertiary/aromatic N) is 4. The molecule has 0 fully saturated rings. The second-order valence-corrected chi connectivity index (χ2v) is 9.60. The molecular weight excluding hydrogens is 447 g/mol. The van der Waals surface area contributed by atoms with Crippen LogP contribution in [-0.4, -0.2) is 45.9 Å². The Morgan fingerprint density at radius 1 is 1.25 bits per heavy atom. The second kappa shape index (κ2) is 8.89. The molecule has 0 saturated heterocycles. The van der Waals surface area contributed by atoms with Gasteiger partial charge in [-0.25, -0.2) is 19.3 Å². The molecule has 4 aromatic rings. The van der Waals surface area contributed by atoms with E-state index in [0.717, 1.165) is 46.5 Å². The standard InChI is InChI=1S/C22H21FN6OS2/c1-29-9-7-16-17(10-29)32-22(27-16)28-18(30)6-8-24-20-19-15(11-31-21(19)26-12-25-20)13-2-4-14(23)5-3-13/h2-5,11-12H,6-10H2,1H3,(H,24,25,26)(H,27,28,30). The summed E-state index contributed by atoms with van der Waals surface area (Å²) in [6.07, 6.45) is 2.71. The number of carbonyl (C=O) groups is 1. The van der Waals surface area contributed by atoms with Crippen LogP contribution in [0.1, 0.15) is 17.0 Å². The van der Waals surface area contributed by atoms with Gasteiger partial charge >= 0.3 is 0 Å². The average Bonchev–Trinajstić information content (AvgIpc) is 3.38. The van der Waals surface area contributed by atoms with Crippen molar-refractivity contribution in [2.75, 3.05) is 30.8 Å². The number of rotatable bonds is 6. The van der Waals surface area contributed by atoms with Gasteiger partial charge in [0.25, 0.3) is 0 Å². The number of hydrogen-bond acceptors (Lipinski definition) is 8. The lowest BCUT2D eigenvalue weighted by atomic mass is 10.1. The number of likely N-dealkylation sites (N-methyl/N-ethyl adjacent to an activating group) is 1. The van der Waals surface area contributed by atoms with Crippen LogP contribution in [0, 0.1) is 5.82 Å². The molecular formula is C22H21FN6OS2. The van der Waals surface area contributed by atoms with Crippen LogP contribution in [0.15, 0.2) is 36.0 Å². The summed E-state index contributed by atoms with van der Waals surface area (Å²) in [5.74, 6) is 0.296. The number of fused-ring (bicyclic) bond motifs is 2. The van der Waals surface area contributed by atoms with E-state index >= 15 is 0 Å². The van der Waals surface area contributed by atoms with Crippen molar-refractivity contribution in [3.8, 4) is 11.1 Å². The highest BCUT2D eigenvalue weighted by Gasteiger charge is 2.19. The number of halogens is 1. The number of nitrogens with one attached hydrogen (secondary N) is 2. The first-order valence-electron chi connectivity index (χ1n) is 10.3. The highest BCUT2D eigenvalue weighted by molar-refractivity contribution is 7.17. The minimum absolute atomic E-state index is 0.0914. The molecule has 4 heterocycles. The van der Waals surface area contributed by atoms with Gasteiger partial charge in [-0.2, -0.15) is 0 Å². The molecule has 164 valence electrons. The summed E-state index contributed by atoms with van der Waals surface area (Å²) in [6, 6.07) is 6.36. The van der Waals surface area contributed by atoms with Gasteiger partial charge in [0.1, 0.15) is 22.8 Å². The lowest BCUT2D eigenvalue weighted by molar-refractivity contribution is -0.115. The van der Waals surface area contributed by atoms with E-state index in [1.807, 2.05) is 5.38 Å². The van der Waals surface area contributed by atoms with Crippen molar-refractivity contribution in [1.82, 2.24) is 19.9 Å². The van der Waals surface area contributed by atoms with Gasteiger partial charge in [0.05, 0.1) is 11.1 Å². The molecule has 32 heavy (non-hydrogen) atoms. The van der Waals surface area contributed by atoms with Gasteiger partial charge in [-0.1, -0.05) is 12.1 Å². The lowest BCUT2D eigenvalue weighted by Crippen LogP contribution is -2.25. The van der Waals surface area contributed by atoms with E-state index in [1.54, 1.807) is 23.5 Å². The van der Waals surface area contributed by atoms with Crippen molar-refractivity contribution in [3.05, 3.63) is 52.4 Å². The highest BCUT2D eigenvalue weighted by Crippen LogP contribution is 2.36. The maximum atomic E-state index is 13.3. The fourth-order valence-electron chi connectivity index (χ4n) is 3.70. The molecule has 2 N–H and O–H groups in total. The maximum Gasteiger partial charge on any atom is 0.227 e. The number of anilines is 2. The SMILES string of the molecule is CN1CCc2nc(NC(=O)CCNc3ncnc4scc(-c5ccc(F)cc5)c34)sc2C1. The van der Waals surface area contributed by atoms with Crippen LogP contribution < -0.4 is 10.6 Å². The van der Waals surface area contributed by atoms with Gasteiger partial charge in [-0.05, 0) is 24.7 Å². The summed E-state index contributed by atoms with van der Waals surface area (Å²) >= 11 is 3.06. The van der Waals surface area contributed by atoms with E-state index in [9.17, 15) is 9.18 Å². The Morgan fingerprint density at radius 3 is 2.94 bits per heavy atom. The molecule has 10 heteroatoms. The Morgan fingerprint density at radius 2 is 2.09 bits per heavy atom. The van der Waals surface area contributed by atoms with Crippen LogP contribution in [0.4, 0.5) is 15.3 Å². The lowest BCUT2D eigenvalue weighted by Gasteiger charge is -2.20. The summed E-state index contributed by atoms with van der Waals surface area (Å²) < 4.78 is 13.3. The summed E-state index contributed by atoms with van der Waals surface area (Å²) in [4.78, 5) is 30.1. The number of carbonyl (C=O) groups excluding carboxylic acids is 1. The Kier molecular flexibility index (Phi) is 5.81. The summed E-state index contributed by atoms with van der Waals surface area (Å²) in [5, 5.41) is 9.71. The monoisotopic (exact) mass is 468 g/mol. The molecule has 0 spiro atoms. The third kappa shape index (κ3) is 4.34. The molecule has 0 radical (unpaired) electrons. The first-order chi connectivity index (χ1) is 15.6. The molecule has 7 nitrogen and oxygen atoms in total. The highest BCUT2D eigenvalue weighted by atomic mass is 32.1. The van der Waals surface area contributed by atoms with E-state index in [4.69, 9.17) is 0 Å². The molecule has 5 rings (SSSR count). The van der Waals surface area contributed by atoms with Gasteiger partial charge in [0, 0.05) is 48.3 Å². The zero-order chi connectivity index (χ0) is 22.1. The molecule has 3 aromatic heterocycles. The van der Waals surface area contributed by atoms with Crippen molar-refractivity contribution >= 4 is 49.7 Å². The number of aromatic nitrogens is 3. The Bertz CT molecular complexity index is 1270. The number of benzene rings is 1. The van der Waals surface area contributed by atoms with Crippen molar-refractivity contribution < 1.29 is 9.18 Å². The molecule has 1 amide bonds. The molecule has 0 bridgehead atoms. The normalized spacial score (nSPS) is 13.8. The number of amides is 1. The molecule has 1 aliphatic rings. The first-order valence-corrected chi connectivity index (χ1v) is 12.0. The summed E-state index contributed by atoms with van der Waals surface area (Å²) in [7, 11) is 2.09. The Balaban J connectivity index is 1.25. The molecule has 1 aliphatic heterocycles. The zero-order valence-electron chi connectivity index (χ0n) is 17.4. The number of thiazole rings is 1. The number of thiophene rings is 1. The third-order valence-corrected chi connectivity index (χ3v) is 7.22. The van der Waals surface area contributed by atoms with Crippen LogP contribution in [0.5, 0.6) is 0 Å². The molecule has 0 saturated carbocycles. The fourth-order valence-corrected chi connectivity index (χ4v) is 5.72. The molecule has 0 atom stereocenters. The predicted molar refractivity (Wildman–Crippen MR) is 127 cm³/mol. The van der Waals surface area contributed by atoms with Crippen molar-refractivity contribution in [2.24, 2.45) is 0 Å². The van der Waals surface area contributed by atoms with E-state index in [0.29, 0.717) is 17.5 Å². The van der Waals surface area contributed by atoms with Crippen LogP contribution >= 0.6 is 22.7 Å². The first kappa shape index (κ1) is 20.9. The van der Waals surface area contributed by atoms with Crippen LogP contribution in [0.2, 0.25) is 0 Å². The van der Waals surface area contributed by atoms with Crippen molar-refractivity contribution in [3.63, 3.8) is 0 Å². The van der Waals surface area contributed by atoms with Gasteiger partial charge in [0.2, 0.25) is 5.91 Å². The predicted octanol–water partition coefficient (Wildman–Crippen LogP) is 4.38. The minimum Gasteiger partial charge on any atom is -0.369 e. The zero-order valence-corrected chi connectivity index (χ0v) is 19.0. The summed E-state index contributed by atoms with van der Waals surface area (Å²) in [6.45, 7) is 2.29. The van der Waals surface area contributed by atoms with E-state index in [-0.39, 0.29) is 18.1 Å². The largest absolute Gasteiger partial charge is 0.369 e. The Hall–Kier alpha value is -2.95. The Labute approximate surface area is 192 Å². The third-order valence-electron chi connectivity index (χ3n) is 5.34. The fraction of sp³-hybridized carbons (Fsp3) is 0.273. The quantitative estimate of drug-likeness (QED) is 0.437. The molecule has 0 aliphatic carbocycles. The van der Waals surface area contributed by atoms with Crippen LogP contribution in [0.3, 0.4) is 0 Å². The van der Waals surface area contributed by atoms with E-state index in [1.165, 1.54) is 34.7 Å². The van der Waals surface area contributed by atoms with Gasteiger partial charge in [-0.3, -0.25) is 4.79 Å². The topological polar surface area (TPSA) is 83.0 Å². The van der Waals surface area contributed by atoms with Crippen molar-refractivity contribution in [2.45, 2.75) is 19.4 Å². The van der Waals surface area contributed by atoms with Crippen LogP contribution in [-0.2, 0) is 17.8 Å². The van der Waals surface area contributed by atoms with E-state index < -0.39 is 0 Å². The average molecular weight is 469 g/mol.